The summed E-state index contributed by atoms with van der Waals surface area (Å²) in [6.45, 7) is 9.68. The Morgan fingerprint density at radius 2 is 1.69 bits per heavy atom. The molecule has 152 valence electrons. The summed E-state index contributed by atoms with van der Waals surface area (Å²) in [5.74, 6) is 0.434. The summed E-state index contributed by atoms with van der Waals surface area (Å²) in [5.41, 5.74) is 4.73. The minimum absolute atomic E-state index is 0.111. The fourth-order valence-electron chi connectivity index (χ4n) is 3.35. The number of aryl methyl sites for hydroxylation is 2. The van der Waals surface area contributed by atoms with Crippen molar-refractivity contribution >= 4 is 0 Å². The van der Waals surface area contributed by atoms with Crippen molar-refractivity contribution in [2.24, 2.45) is 0 Å². The average Bonchev–Trinajstić information content (AvgIpc) is 2.71. The van der Waals surface area contributed by atoms with Crippen LogP contribution in [0, 0.1) is 12.7 Å². The van der Waals surface area contributed by atoms with Gasteiger partial charge < -0.3 is 9.47 Å². The third-order valence-electron chi connectivity index (χ3n) is 5.20. The zero-order valence-corrected chi connectivity index (χ0v) is 17.7. The molecule has 0 aliphatic heterocycles. The Bertz CT molecular complexity index is 948. The Hall–Kier alpha value is -2.65. The molecular formula is C26H29FO2. The highest BCUT2D eigenvalue weighted by atomic mass is 19.1. The maximum atomic E-state index is 14.1. The summed E-state index contributed by atoms with van der Waals surface area (Å²) in [6.07, 6.45) is 1.04. The third-order valence-corrected chi connectivity index (χ3v) is 5.20. The molecule has 3 aromatic rings. The molecule has 29 heavy (non-hydrogen) atoms. The summed E-state index contributed by atoms with van der Waals surface area (Å²) in [7, 11) is 0. The lowest BCUT2D eigenvalue weighted by Gasteiger charge is -2.26. The van der Waals surface area contributed by atoms with Crippen LogP contribution in [0.4, 0.5) is 4.39 Å². The van der Waals surface area contributed by atoms with Crippen LogP contribution in [0.25, 0.3) is 0 Å². The van der Waals surface area contributed by atoms with Crippen LogP contribution in [-0.2, 0) is 23.2 Å². The highest BCUT2D eigenvalue weighted by Crippen LogP contribution is 2.28. The van der Waals surface area contributed by atoms with Crippen molar-refractivity contribution in [2.75, 3.05) is 6.61 Å². The van der Waals surface area contributed by atoms with E-state index in [1.165, 1.54) is 22.8 Å². The lowest BCUT2D eigenvalue weighted by atomic mass is 9.84. The fourth-order valence-corrected chi connectivity index (χ4v) is 3.35. The SMILES string of the molecule is CCc1ccc(C(C)(C)COCc2ccc(F)c(Oc3ccccc3)c2)cc1C. The standard InChI is InChI=1S/C26H29FO2/c1-5-21-12-13-22(15-19(21)2)26(3,4)18-28-17-20-11-14-24(27)25(16-20)29-23-9-7-6-8-10-23/h6-16H,5,17-18H2,1-4H3. The van der Waals surface area contributed by atoms with Gasteiger partial charge in [-0.3, -0.25) is 0 Å². The molecule has 0 atom stereocenters. The van der Waals surface area contributed by atoms with Gasteiger partial charge in [-0.1, -0.05) is 63.2 Å². The van der Waals surface area contributed by atoms with Gasteiger partial charge in [0, 0.05) is 5.41 Å². The van der Waals surface area contributed by atoms with Crippen molar-refractivity contribution in [3.05, 3.63) is 94.8 Å². The topological polar surface area (TPSA) is 18.5 Å². The average molecular weight is 393 g/mol. The molecule has 0 fully saturated rings. The fraction of sp³-hybridized carbons (Fsp3) is 0.308. The molecule has 0 aromatic heterocycles. The van der Waals surface area contributed by atoms with Gasteiger partial charge in [0.25, 0.3) is 0 Å². The Morgan fingerprint density at radius 3 is 2.38 bits per heavy atom. The van der Waals surface area contributed by atoms with Gasteiger partial charge in [0.05, 0.1) is 13.2 Å². The van der Waals surface area contributed by atoms with Gasteiger partial charge in [-0.05, 0) is 59.9 Å². The first-order valence-corrected chi connectivity index (χ1v) is 10.1. The first-order chi connectivity index (χ1) is 13.9. The van der Waals surface area contributed by atoms with E-state index in [1.54, 1.807) is 24.3 Å². The third kappa shape index (κ3) is 5.45. The van der Waals surface area contributed by atoms with Crippen LogP contribution in [0.15, 0.2) is 66.7 Å². The second-order valence-corrected chi connectivity index (χ2v) is 8.05. The Balaban J connectivity index is 1.64. The lowest BCUT2D eigenvalue weighted by Crippen LogP contribution is -2.24. The van der Waals surface area contributed by atoms with Gasteiger partial charge >= 0.3 is 0 Å². The van der Waals surface area contributed by atoms with E-state index in [2.05, 4.69) is 45.9 Å². The van der Waals surface area contributed by atoms with Crippen LogP contribution < -0.4 is 4.74 Å². The molecule has 0 bridgehead atoms. The summed E-state index contributed by atoms with van der Waals surface area (Å²) in [4.78, 5) is 0. The quantitative estimate of drug-likeness (QED) is 0.411. The van der Waals surface area contributed by atoms with E-state index in [1.807, 2.05) is 18.2 Å². The molecule has 0 aliphatic rings. The molecule has 0 saturated carbocycles. The molecule has 0 radical (unpaired) electrons. The molecular weight excluding hydrogens is 363 g/mol. The van der Waals surface area contributed by atoms with Gasteiger partial charge in [-0.25, -0.2) is 4.39 Å². The summed E-state index contributed by atoms with van der Waals surface area (Å²) >= 11 is 0. The molecule has 0 heterocycles. The number of para-hydroxylation sites is 1. The number of ether oxygens (including phenoxy) is 2. The minimum Gasteiger partial charge on any atom is -0.454 e. The minimum atomic E-state index is -0.385. The molecule has 0 saturated heterocycles. The maximum absolute atomic E-state index is 14.1. The smallest absolute Gasteiger partial charge is 0.165 e. The van der Waals surface area contributed by atoms with Crippen molar-refractivity contribution in [1.29, 1.82) is 0 Å². The zero-order valence-electron chi connectivity index (χ0n) is 17.7. The second kappa shape index (κ2) is 9.23. The van der Waals surface area contributed by atoms with E-state index in [0.29, 0.717) is 19.0 Å². The van der Waals surface area contributed by atoms with Crippen molar-refractivity contribution in [3.8, 4) is 11.5 Å². The highest BCUT2D eigenvalue weighted by Gasteiger charge is 2.21. The molecule has 0 N–H and O–H groups in total. The number of halogens is 1. The van der Waals surface area contributed by atoms with E-state index < -0.39 is 0 Å². The van der Waals surface area contributed by atoms with Crippen LogP contribution in [0.2, 0.25) is 0 Å². The van der Waals surface area contributed by atoms with E-state index in [4.69, 9.17) is 9.47 Å². The zero-order chi connectivity index (χ0) is 20.9. The molecule has 3 rings (SSSR count). The largest absolute Gasteiger partial charge is 0.454 e. The second-order valence-electron chi connectivity index (χ2n) is 8.05. The van der Waals surface area contributed by atoms with Gasteiger partial charge in [0.2, 0.25) is 0 Å². The summed E-state index contributed by atoms with van der Waals surface area (Å²) in [5, 5.41) is 0. The molecule has 3 heteroatoms. The highest BCUT2D eigenvalue weighted by molar-refractivity contribution is 5.36. The van der Waals surface area contributed by atoms with E-state index in [-0.39, 0.29) is 17.0 Å². The van der Waals surface area contributed by atoms with Crippen LogP contribution >= 0.6 is 0 Å². The van der Waals surface area contributed by atoms with Crippen molar-refractivity contribution in [1.82, 2.24) is 0 Å². The van der Waals surface area contributed by atoms with Gasteiger partial charge in [-0.15, -0.1) is 0 Å². The van der Waals surface area contributed by atoms with Crippen LogP contribution in [-0.4, -0.2) is 6.61 Å². The predicted octanol–water partition coefficient (Wildman–Crippen LogP) is 6.98. The van der Waals surface area contributed by atoms with E-state index in [9.17, 15) is 4.39 Å². The Kier molecular flexibility index (Phi) is 6.71. The molecule has 0 unspecified atom stereocenters. The number of benzene rings is 3. The number of rotatable bonds is 8. The van der Waals surface area contributed by atoms with Crippen molar-refractivity contribution in [3.63, 3.8) is 0 Å². The normalized spacial score (nSPS) is 11.5. The van der Waals surface area contributed by atoms with Gasteiger partial charge in [0.1, 0.15) is 5.75 Å². The molecule has 2 nitrogen and oxygen atoms in total. The molecule has 0 aliphatic carbocycles. The van der Waals surface area contributed by atoms with Crippen LogP contribution in [0.5, 0.6) is 11.5 Å². The maximum Gasteiger partial charge on any atom is 0.165 e. The van der Waals surface area contributed by atoms with Gasteiger partial charge in [-0.2, -0.15) is 0 Å². The number of hydrogen-bond donors (Lipinski definition) is 0. The van der Waals surface area contributed by atoms with Crippen LogP contribution in [0.3, 0.4) is 0 Å². The molecule has 3 aromatic carbocycles. The first-order valence-electron chi connectivity index (χ1n) is 10.1. The number of hydrogen-bond acceptors (Lipinski definition) is 2. The Labute approximate surface area is 173 Å². The van der Waals surface area contributed by atoms with E-state index >= 15 is 0 Å². The monoisotopic (exact) mass is 392 g/mol. The lowest BCUT2D eigenvalue weighted by molar-refractivity contribution is 0.0823. The van der Waals surface area contributed by atoms with Crippen LogP contribution in [0.1, 0.15) is 43.0 Å². The van der Waals surface area contributed by atoms with E-state index in [0.717, 1.165) is 12.0 Å². The van der Waals surface area contributed by atoms with Gasteiger partial charge in [0.15, 0.2) is 11.6 Å². The Morgan fingerprint density at radius 1 is 0.931 bits per heavy atom. The summed E-state index contributed by atoms with van der Waals surface area (Å²) < 4.78 is 25.8. The molecule has 0 spiro atoms. The first kappa shape index (κ1) is 21.1. The summed E-state index contributed by atoms with van der Waals surface area (Å²) in [6, 6.07) is 20.7. The van der Waals surface area contributed by atoms with Crippen molar-refractivity contribution < 1.29 is 13.9 Å². The van der Waals surface area contributed by atoms with Crippen molar-refractivity contribution in [2.45, 2.75) is 46.1 Å². The molecule has 0 amide bonds. The predicted molar refractivity (Wildman–Crippen MR) is 116 cm³/mol.